The second kappa shape index (κ2) is 6.91. The highest BCUT2D eigenvalue weighted by Gasteiger charge is 2.37. The minimum atomic E-state index is -1.20. The number of piperazine rings is 1. The maximum Gasteiger partial charge on any atom is 0.328 e. The summed E-state index contributed by atoms with van der Waals surface area (Å²) in [5, 5.41) is 11.5. The molecule has 0 bridgehead atoms. The summed E-state index contributed by atoms with van der Waals surface area (Å²) in [5.41, 5.74) is 0. The predicted molar refractivity (Wildman–Crippen MR) is 70.3 cm³/mol. The van der Waals surface area contributed by atoms with Crippen LogP contribution in [0.5, 0.6) is 0 Å². The third kappa shape index (κ3) is 4.07. The minimum Gasteiger partial charge on any atom is -0.480 e. The first kappa shape index (κ1) is 16.7. The van der Waals surface area contributed by atoms with Gasteiger partial charge in [-0.3, -0.25) is 14.5 Å². The third-order valence-corrected chi connectivity index (χ3v) is 3.19. The fourth-order valence-electron chi connectivity index (χ4n) is 2.05. The van der Waals surface area contributed by atoms with Gasteiger partial charge < -0.3 is 20.1 Å². The topological polar surface area (TPSA) is 116 Å². The number of carbonyl (C=O) groups excluding carboxylic acids is 3. The number of carboxylic acids is 1. The van der Waals surface area contributed by atoms with Crippen LogP contribution in [-0.4, -0.2) is 78.6 Å². The molecule has 1 aliphatic heterocycles. The molecule has 21 heavy (non-hydrogen) atoms. The first-order valence-electron chi connectivity index (χ1n) is 6.37. The van der Waals surface area contributed by atoms with Crippen molar-refractivity contribution in [3.8, 4) is 0 Å². The van der Waals surface area contributed by atoms with Crippen LogP contribution >= 0.6 is 0 Å². The van der Waals surface area contributed by atoms with Crippen LogP contribution in [0.15, 0.2) is 0 Å². The first-order chi connectivity index (χ1) is 9.77. The Morgan fingerprint density at radius 2 is 2.14 bits per heavy atom. The van der Waals surface area contributed by atoms with Gasteiger partial charge in [-0.05, 0) is 0 Å². The second-order valence-electron chi connectivity index (χ2n) is 4.87. The van der Waals surface area contributed by atoms with Gasteiger partial charge in [-0.1, -0.05) is 6.92 Å². The zero-order valence-corrected chi connectivity index (χ0v) is 12.2. The molecule has 1 aliphatic rings. The molecule has 0 radical (unpaired) electrons. The lowest BCUT2D eigenvalue weighted by molar-refractivity contribution is -0.146. The number of hydrogen-bond acceptors (Lipinski definition) is 5. The van der Waals surface area contributed by atoms with E-state index in [1.807, 2.05) is 0 Å². The van der Waals surface area contributed by atoms with Crippen molar-refractivity contribution in [2.24, 2.45) is 5.92 Å². The number of ether oxygens (including phenoxy) is 1. The van der Waals surface area contributed by atoms with Gasteiger partial charge in [0.15, 0.2) is 0 Å². The monoisotopic (exact) mass is 301 g/mol. The summed E-state index contributed by atoms with van der Waals surface area (Å²) >= 11 is 0. The van der Waals surface area contributed by atoms with Gasteiger partial charge in [0.05, 0.1) is 13.0 Å². The molecule has 1 heterocycles. The standard InChI is InChI=1S/C12H19N3O6/c1-7(11(19)21-3)5-14(2)12(20)15-6-9(16)13-4-8(15)10(17)18/h7-8H,4-6H2,1-3H3,(H,13,16)(H,17,18). The van der Waals surface area contributed by atoms with E-state index < -0.39 is 35.8 Å². The minimum absolute atomic E-state index is 0.0654. The summed E-state index contributed by atoms with van der Waals surface area (Å²) in [6.07, 6.45) is 0. The Morgan fingerprint density at radius 3 is 2.67 bits per heavy atom. The Labute approximate surface area is 121 Å². The number of carboxylic acid groups (broad SMARTS) is 1. The molecule has 9 heteroatoms. The van der Waals surface area contributed by atoms with Gasteiger partial charge >= 0.3 is 18.0 Å². The van der Waals surface area contributed by atoms with Gasteiger partial charge in [0.25, 0.3) is 0 Å². The lowest BCUT2D eigenvalue weighted by atomic mass is 10.1. The fraction of sp³-hybridized carbons (Fsp3) is 0.667. The zero-order chi connectivity index (χ0) is 16.2. The average molecular weight is 301 g/mol. The highest BCUT2D eigenvalue weighted by Crippen LogP contribution is 2.10. The first-order valence-corrected chi connectivity index (χ1v) is 6.37. The van der Waals surface area contributed by atoms with Crippen molar-refractivity contribution in [3.63, 3.8) is 0 Å². The number of methoxy groups -OCH3 is 1. The van der Waals surface area contributed by atoms with Crippen LogP contribution in [0.1, 0.15) is 6.92 Å². The van der Waals surface area contributed by atoms with E-state index >= 15 is 0 Å². The summed E-state index contributed by atoms with van der Waals surface area (Å²) < 4.78 is 4.57. The Balaban J connectivity index is 2.76. The van der Waals surface area contributed by atoms with Crippen molar-refractivity contribution in [1.82, 2.24) is 15.1 Å². The molecule has 0 aromatic carbocycles. The second-order valence-corrected chi connectivity index (χ2v) is 4.87. The molecule has 0 aliphatic carbocycles. The van der Waals surface area contributed by atoms with Crippen LogP contribution in [0.25, 0.3) is 0 Å². The van der Waals surface area contributed by atoms with Crippen LogP contribution in [0.4, 0.5) is 4.79 Å². The van der Waals surface area contributed by atoms with E-state index in [1.54, 1.807) is 6.92 Å². The van der Waals surface area contributed by atoms with Gasteiger partial charge in [0.2, 0.25) is 5.91 Å². The largest absolute Gasteiger partial charge is 0.480 e. The molecule has 2 unspecified atom stereocenters. The number of urea groups is 1. The van der Waals surface area contributed by atoms with Gasteiger partial charge in [-0.2, -0.15) is 0 Å². The predicted octanol–water partition coefficient (Wildman–Crippen LogP) is -1.27. The number of aliphatic carboxylic acids is 1. The van der Waals surface area contributed by atoms with Crippen molar-refractivity contribution in [2.75, 3.05) is 33.8 Å². The smallest absolute Gasteiger partial charge is 0.328 e. The normalized spacial score (nSPS) is 19.5. The van der Waals surface area contributed by atoms with Crippen LogP contribution < -0.4 is 5.32 Å². The Bertz CT molecular complexity index is 452. The quantitative estimate of drug-likeness (QED) is 0.626. The van der Waals surface area contributed by atoms with Gasteiger partial charge in [0, 0.05) is 20.1 Å². The van der Waals surface area contributed by atoms with Crippen molar-refractivity contribution in [2.45, 2.75) is 13.0 Å². The fourth-order valence-corrected chi connectivity index (χ4v) is 2.05. The molecule has 0 aromatic heterocycles. The number of amides is 3. The van der Waals surface area contributed by atoms with Crippen LogP contribution in [-0.2, 0) is 19.1 Å². The summed E-state index contributed by atoms with van der Waals surface area (Å²) in [7, 11) is 2.68. The van der Waals surface area contributed by atoms with E-state index in [4.69, 9.17) is 5.11 Å². The highest BCUT2D eigenvalue weighted by molar-refractivity contribution is 5.90. The molecule has 2 N–H and O–H groups in total. The Kier molecular flexibility index (Phi) is 5.51. The van der Waals surface area contributed by atoms with E-state index in [2.05, 4.69) is 10.1 Å². The summed E-state index contributed by atoms with van der Waals surface area (Å²) in [5.74, 6) is -2.64. The van der Waals surface area contributed by atoms with Crippen molar-refractivity contribution < 1.29 is 29.0 Å². The molecular weight excluding hydrogens is 282 g/mol. The Morgan fingerprint density at radius 1 is 1.52 bits per heavy atom. The highest BCUT2D eigenvalue weighted by atomic mass is 16.5. The molecule has 1 saturated heterocycles. The number of esters is 1. The Hall–Kier alpha value is -2.32. The molecule has 9 nitrogen and oxygen atoms in total. The number of nitrogens with zero attached hydrogens (tertiary/aromatic N) is 2. The summed E-state index contributed by atoms with van der Waals surface area (Å²) in [6, 6.07) is -1.74. The van der Waals surface area contributed by atoms with E-state index in [-0.39, 0.29) is 19.6 Å². The molecule has 1 fully saturated rings. The van der Waals surface area contributed by atoms with E-state index in [1.165, 1.54) is 19.1 Å². The average Bonchev–Trinajstić information content (AvgIpc) is 2.44. The van der Waals surface area contributed by atoms with Gasteiger partial charge in [0.1, 0.15) is 12.6 Å². The van der Waals surface area contributed by atoms with E-state index in [0.29, 0.717) is 0 Å². The molecule has 1 rings (SSSR count). The van der Waals surface area contributed by atoms with E-state index in [0.717, 1.165) is 4.90 Å². The molecule has 0 aromatic rings. The molecule has 118 valence electrons. The van der Waals surface area contributed by atoms with Gasteiger partial charge in [-0.25, -0.2) is 9.59 Å². The molecule has 0 spiro atoms. The van der Waals surface area contributed by atoms with Gasteiger partial charge in [-0.15, -0.1) is 0 Å². The van der Waals surface area contributed by atoms with Crippen molar-refractivity contribution >= 4 is 23.9 Å². The molecule has 0 saturated carbocycles. The maximum absolute atomic E-state index is 12.3. The zero-order valence-electron chi connectivity index (χ0n) is 12.2. The van der Waals surface area contributed by atoms with Crippen LogP contribution in [0.3, 0.4) is 0 Å². The number of rotatable bonds is 4. The van der Waals surface area contributed by atoms with Crippen molar-refractivity contribution in [1.29, 1.82) is 0 Å². The molecule has 3 amide bonds. The third-order valence-electron chi connectivity index (χ3n) is 3.19. The lowest BCUT2D eigenvalue weighted by Crippen LogP contribution is -2.61. The molecule has 2 atom stereocenters. The summed E-state index contributed by atoms with van der Waals surface area (Å²) in [6.45, 7) is 1.19. The SMILES string of the molecule is COC(=O)C(C)CN(C)C(=O)N1CC(=O)NCC1C(=O)O. The maximum atomic E-state index is 12.3. The van der Waals surface area contributed by atoms with E-state index in [9.17, 15) is 19.2 Å². The number of carbonyl (C=O) groups is 4. The number of nitrogens with one attached hydrogen (secondary N) is 1. The number of hydrogen-bond donors (Lipinski definition) is 2. The van der Waals surface area contributed by atoms with Crippen LogP contribution in [0, 0.1) is 5.92 Å². The molecular formula is C12H19N3O6. The lowest BCUT2D eigenvalue weighted by Gasteiger charge is -2.35. The summed E-state index contributed by atoms with van der Waals surface area (Å²) in [4.78, 5) is 48.3. The van der Waals surface area contributed by atoms with Crippen molar-refractivity contribution in [3.05, 3.63) is 0 Å². The van der Waals surface area contributed by atoms with Crippen LogP contribution in [0.2, 0.25) is 0 Å².